The summed E-state index contributed by atoms with van der Waals surface area (Å²) in [7, 11) is 0. The summed E-state index contributed by atoms with van der Waals surface area (Å²) < 4.78 is 0. The number of hydrogen-bond acceptors (Lipinski definition) is 3. The van der Waals surface area contributed by atoms with E-state index in [1.165, 1.54) is 0 Å². The van der Waals surface area contributed by atoms with Gasteiger partial charge < -0.3 is 15.1 Å². The molecule has 0 aromatic carbocycles. The second-order valence-corrected chi connectivity index (χ2v) is 6.34. The van der Waals surface area contributed by atoms with Crippen LogP contribution < -0.4 is 0 Å². The van der Waals surface area contributed by atoms with Gasteiger partial charge in [-0.15, -0.1) is 0 Å². The average Bonchev–Trinajstić information content (AvgIpc) is 3.01. The summed E-state index contributed by atoms with van der Waals surface area (Å²) in [5, 5.41) is 18.8. The van der Waals surface area contributed by atoms with Crippen LogP contribution in [0, 0.1) is 23.7 Å². The van der Waals surface area contributed by atoms with Gasteiger partial charge in [0, 0.05) is 6.54 Å². The first-order valence-electron chi connectivity index (χ1n) is 7.63. The van der Waals surface area contributed by atoms with E-state index >= 15 is 0 Å². The number of rotatable bonds is 4. The summed E-state index contributed by atoms with van der Waals surface area (Å²) in [6.45, 7) is 4.69. The fourth-order valence-electron chi connectivity index (χ4n) is 3.80. The van der Waals surface area contributed by atoms with Gasteiger partial charge in [0.15, 0.2) is 0 Å². The van der Waals surface area contributed by atoms with Crippen LogP contribution in [-0.2, 0) is 9.59 Å². The third-order valence-electron chi connectivity index (χ3n) is 5.22. The maximum Gasteiger partial charge on any atom is 0.307 e. The highest BCUT2D eigenvalue weighted by Crippen LogP contribution is 2.40. The lowest BCUT2D eigenvalue weighted by atomic mass is 9.94. The van der Waals surface area contributed by atoms with E-state index in [0.717, 1.165) is 12.8 Å². The molecule has 0 radical (unpaired) electrons. The molecule has 5 nitrogen and oxygen atoms in total. The van der Waals surface area contributed by atoms with Crippen LogP contribution in [0.2, 0.25) is 0 Å². The molecular formula is C15H25NO4. The molecule has 0 aromatic heterocycles. The number of likely N-dealkylation sites (tertiary alicyclic amines) is 1. The molecule has 20 heavy (non-hydrogen) atoms. The number of carboxylic acids is 1. The Bertz CT molecular complexity index is 384. The highest BCUT2D eigenvalue weighted by molar-refractivity contribution is 5.85. The molecule has 1 saturated heterocycles. The van der Waals surface area contributed by atoms with E-state index in [9.17, 15) is 19.8 Å². The molecule has 5 unspecified atom stereocenters. The maximum absolute atomic E-state index is 12.7. The first kappa shape index (κ1) is 15.3. The molecule has 1 heterocycles. The highest BCUT2D eigenvalue weighted by atomic mass is 16.4. The molecule has 1 aliphatic heterocycles. The number of carboxylic acid groups (broad SMARTS) is 1. The van der Waals surface area contributed by atoms with E-state index in [1.807, 2.05) is 13.8 Å². The van der Waals surface area contributed by atoms with Crippen molar-refractivity contribution in [3.8, 4) is 0 Å². The Hall–Kier alpha value is -1.10. The summed E-state index contributed by atoms with van der Waals surface area (Å²) in [5.74, 6) is -1.25. The van der Waals surface area contributed by atoms with Crippen molar-refractivity contribution in [3.63, 3.8) is 0 Å². The summed E-state index contributed by atoms with van der Waals surface area (Å²) in [6.07, 6.45) is 3.09. The first-order chi connectivity index (χ1) is 9.49. The van der Waals surface area contributed by atoms with Gasteiger partial charge in [0.25, 0.3) is 0 Å². The van der Waals surface area contributed by atoms with E-state index in [2.05, 4.69) is 0 Å². The van der Waals surface area contributed by atoms with Gasteiger partial charge in [-0.2, -0.15) is 0 Å². The number of carbonyl (C=O) groups excluding carboxylic acids is 1. The standard InChI is InChI=1S/C15H25NO4/c1-3-10-6-11(12(7-10)15(19)20)14(18)16-5-4-9(2)13(16)8-17/h9-13,17H,3-8H2,1-2H3,(H,19,20). The molecule has 2 rings (SSSR count). The van der Waals surface area contributed by atoms with Crippen LogP contribution in [0.25, 0.3) is 0 Å². The minimum atomic E-state index is -0.855. The number of nitrogens with zero attached hydrogens (tertiary/aromatic N) is 1. The van der Waals surface area contributed by atoms with Gasteiger partial charge in [0.1, 0.15) is 0 Å². The number of carbonyl (C=O) groups is 2. The molecule has 0 aromatic rings. The van der Waals surface area contributed by atoms with Gasteiger partial charge in [-0.1, -0.05) is 20.3 Å². The Balaban J connectivity index is 2.13. The summed E-state index contributed by atoms with van der Waals surface area (Å²) in [6, 6.07) is -0.141. The van der Waals surface area contributed by atoms with Crippen LogP contribution in [0.15, 0.2) is 0 Å². The Labute approximate surface area is 120 Å². The molecule has 1 amide bonds. The van der Waals surface area contributed by atoms with Crippen molar-refractivity contribution in [3.05, 3.63) is 0 Å². The lowest BCUT2D eigenvalue weighted by Crippen LogP contribution is -2.44. The molecule has 2 fully saturated rings. The number of amides is 1. The van der Waals surface area contributed by atoms with E-state index in [0.29, 0.717) is 25.3 Å². The van der Waals surface area contributed by atoms with Crippen LogP contribution in [0.1, 0.15) is 39.5 Å². The predicted octanol–water partition coefficient (Wildman–Crippen LogP) is 1.35. The van der Waals surface area contributed by atoms with Crippen molar-refractivity contribution >= 4 is 11.9 Å². The Kier molecular flexibility index (Phi) is 4.68. The Morgan fingerprint density at radius 2 is 1.90 bits per heavy atom. The van der Waals surface area contributed by atoms with Gasteiger partial charge in [-0.05, 0) is 31.1 Å². The minimum absolute atomic E-state index is 0.0332. The van der Waals surface area contributed by atoms with E-state index < -0.39 is 17.8 Å². The second-order valence-electron chi connectivity index (χ2n) is 6.34. The molecule has 5 atom stereocenters. The fraction of sp³-hybridized carbons (Fsp3) is 0.867. The van der Waals surface area contributed by atoms with Crippen molar-refractivity contribution in [2.75, 3.05) is 13.2 Å². The third kappa shape index (κ3) is 2.68. The number of hydrogen-bond donors (Lipinski definition) is 2. The third-order valence-corrected chi connectivity index (χ3v) is 5.22. The molecule has 114 valence electrons. The van der Waals surface area contributed by atoms with Gasteiger partial charge in [-0.25, -0.2) is 0 Å². The molecule has 5 heteroatoms. The average molecular weight is 283 g/mol. The van der Waals surface area contributed by atoms with E-state index in [1.54, 1.807) is 4.90 Å². The summed E-state index contributed by atoms with van der Waals surface area (Å²) in [4.78, 5) is 25.8. The highest BCUT2D eigenvalue weighted by Gasteiger charge is 2.46. The normalized spacial score (nSPS) is 37.4. The molecular weight excluding hydrogens is 258 g/mol. The van der Waals surface area contributed by atoms with Crippen LogP contribution in [0.3, 0.4) is 0 Å². The number of aliphatic carboxylic acids is 1. The molecule has 2 aliphatic rings. The zero-order chi connectivity index (χ0) is 14.9. The quantitative estimate of drug-likeness (QED) is 0.816. The van der Waals surface area contributed by atoms with Crippen molar-refractivity contribution < 1.29 is 19.8 Å². The summed E-state index contributed by atoms with van der Waals surface area (Å²) >= 11 is 0. The molecule has 1 aliphatic carbocycles. The van der Waals surface area contributed by atoms with Gasteiger partial charge >= 0.3 is 5.97 Å². The Morgan fingerprint density at radius 3 is 2.45 bits per heavy atom. The van der Waals surface area contributed by atoms with Crippen LogP contribution in [-0.4, -0.2) is 46.2 Å². The molecule has 1 saturated carbocycles. The fourth-order valence-corrected chi connectivity index (χ4v) is 3.80. The van der Waals surface area contributed by atoms with Crippen molar-refractivity contribution in [1.82, 2.24) is 4.90 Å². The van der Waals surface area contributed by atoms with E-state index in [4.69, 9.17) is 0 Å². The molecule has 2 N–H and O–H groups in total. The molecule has 0 spiro atoms. The Morgan fingerprint density at radius 1 is 1.25 bits per heavy atom. The number of aliphatic hydroxyl groups is 1. The van der Waals surface area contributed by atoms with Gasteiger partial charge in [-0.3, -0.25) is 9.59 Å². The van der Waals surface area contributed by atoms with Crippen LogP contribution in [0.5, 0.6) is 0 Å². The molecule has 0 bridgehead atoms. The maximum atomic E-state index is 12.7. The van der Waals surface area contributed by atoms with Crippen molar-refractivity contribution in [2.24, 2.45) is 23.7 Å². The smallest absolute Gasteiger partial charge is 0.307 e. The largest absolute Gasteiger partial charge is 0.481 e. The zero-order valence-electron chi connectivity index (χ0n) is 12.3. The zero-order valence-corrected chi connectivity index (χ0v) is 12.3. The number of aliphatic hydroxyl groups excluding tert-OH is 1. The minimum Gasteiger partial charge on any atom is -0.481 e. The topological polar surface area (TPSA) is 77.8 Å². The second kappa shape index (κ2) is 6.12. The van der Waals surface area contributed by atoms with E-state index in [-0.39, 0.29) is 24.5 Å². The van der Waals surface area contributed by atoms with Gasteiger partial charge in [0.2, 0.25) is 5.91 Å². The lowest BCUT2D eigenvalue weighted by molar-refractivity contribution is -0.149. The van der Waals surface area contributed by atoms with Crippen LogP contribution in [0.4, 0.5) is 0 Å². The van der Waals surface area contributed by atoms with Gasteiger partial charge in [0.05, 0.1) is 24.5 Å². The monoisotopic (exact) mass is 283 g/mol. The summed E-state index contributed by atoms with van der Waals surface area (Å²) in [5.41, 5.74) is 0. The lowest BCUT2D eigenvalue weighted by Gasteiger charge is -2.29. The SMILES string of the molecule is CCC1CC(C(=O)O)C(C(=O)N2CCC(C)C2CO)C1. The predicted molar refractivity (Wildman–Crippen MR) is 74.0 cm³/mol. The van der Waals surface area contributed by atoms with Crippen LogP contribution >= 0.6 is 0 Å². The van der Waals surface area contributed by atoms with Crippen molar-refractivity contribution in [1.29, 1.82) is 0 Å². The first-order valence-corrected chi connectivity index (χ1v) is 7.63. The van der Waals surface area contributed by atoms with Crippen molar-refractivity contribution in [2.45, 2.75) is 45.6 Å².